The van der Waals surface area contributed by atoms with Crippen LogP contribution >= 0.6 is 23.2 Å². The highest BCUT2D eigenvalue weighted by atomic mass is 35.5. The van der Waals surface area contributed by atoms with Gasteiger partial charge in [-0.25, -0.2) is 8.42 Å². The Morgan fingerprint density at radius 3 is 2.50 bits per heavy atom. The number of sulfone groups is 1. The molecule has 28 heavy (non-hydrogen) atoms. The number of benzene rings is 2. The molecule has 1 saturated heterocycles. The first kappa shape index (κ1) is 21.0. The van der Waals surface area contributed by atoms with Crippen LogP contribution in [-0.4, -0.2) is 43.4 Å². The third-order valence-electron chi connectivity index (χ3n) is 4.71. The van der Waals surface area contributed by atoms with Gasteiger partial charge in [0.25, 0.3) is 5.91 Å². The number of rotatable bonds is 6. The van der Waals surface area contributed by atoms with Gasteiger partial charge in [-0.05, 0) is 43.2 Å². The smallest absolute Gasteiger partial charge is 0.261 e. The van der Waals surface area contributed by atoms with E-state index in [1.165, 1.54) is 0 Å². The number of aryl methyl sites for hydroxylation is 1. The van der Waals surface area contributed by atoms with Crippen molar-refractivity contribution in [3.63, 3.8) is 0 Å². The number of ether oxygens (including phenoxy) is 1. The van der Waals surface area contributed by atoms with Crippen molar-refractivity contribution >= 4 is 38.9 Å². The summed E-state index contributed by atoms with van der Waals surface area (Å²) in [5.74, 6) is 0.333. The number of amides is 1. The molecule has 0 spiro atoms. The van der Waals surface area contributed by atoms with Crippen molar-refractivity contribution in [2.24, 2.45) is 0 Å². The van der Waals surface area contributed by atoms with Gasteiger partial charge in [-0.2, -0.15) is 0 Å². The van der Waals surface area contributed by atoms with Crippen molar-refractivity contribution in [3.05, 3.63) is 63.6 Å². The summed E-state index contributed by atoms with van der Waals surface area (Å²) in [6.07, 6.45) is 0.407. The maximum Gasteiger partial charge on any atom is 0.261 e. The monoisotopic (exact) mass is 441 g/mol. The molecule has 1 aliphatic rings. The van der Waals surface area contributed by atoms with Gasteiger partial charge >= 0.3 is 0 Å². The second-order valence-corrected chi connectivity index (χ2v) is 9.99. The van der Waals surface area contributed by atoms with Crippen molar-refractivity contribution in [1.82, 2.24) is 4.90 Å². The van der Waals surface area contributed by atoms with Gasteiger partial charge < -0.3 is 9.64 Å². The zero-order valence-electron chi connectivity index (χ0n) is 15.4. The average Bonchev–Trinajstić information content (AvgIpc) is 3.00. The van der Waals surface area contributed by atoms with E-state index in [1.807, 2.05) is 19.1 Å². The molecule has 8 heteroatoms. The van der Waals surface area contributed by atoms with Crippen LogP contribution in [0.2, 0.25) is 10.0 Å². The molecule has 2 aromatic rings. The maximum absolute atomic E-state index is 12.9. The fourth-order valence-electron chi connectivity index (χ4n) is 3.14. The molecular formula is C20H21Cl2NO4S. The van der Waals surface area contributed by atoms with E-state index in [-0.39, 0.29) is 30.6 Å². The quantitative estimate of drug-likeness (QED) is 0.681. The number of hydrogen-bond donors (Lipinski definition) is 0. The van der Waals surface area contributed by atoms with Gasteiger partial charge in [0.05, 0.1) is 11.5 Å². The maximum atomic E-state index is 12.9. The molecule has 0 bridgehead atoms. The Morgan fingerprint density at radius 1 is 1.18 bits per heavy atom. The van der Waals surface area contributed by atoms with Crippen LogP contribution in [0.4, 0.5) is 0 Å². The zero-order valence-corrected chi connectivity index (χ0v) is 17.7. The van der Waals surface area contributed by atoms with Crippen LogP contribution in [0, 0.1) is 6.92 Å². The van der Waals surface area contributed by atoms with Crippen molar-refractivity contribution < 1.29 is 17.9 Å². The molecule has 5 nitrogen and oxygen atoms in total. The molecule has 0 radical (unpaired) electrons. The second-order valence-electron chi connectivity index (χ2n) is 6.92. The lowest BCUT2D eigenvalue weighted by Crippen LogP contribution is -2.43. The molecule has 0 N–H and O–H groups in total. The van der Waals surface area contributed by atoms with Gasteiger partial charge in [0.2, 0.25) is 0 Å². The average molecular weight is 442 g/mol. The van der Waals surface area contributed by atoms with Crippen LogP contribution in [-0.2, 0) is 21.2 Å². The normalized spacial score (nSPS) is 18.0. The van der Waals surface area contributed by atoms with Crippen molar-refractivity contribution in [3.8, 4) is 5.75 Å². The minimum Gasteiger partial charge on any atom is -0.484 e. The van der Waals surface area contributed by atoms with E-state index in [4.69, 9.17) is 27.9 Å². The van der Waals surface area contributed by atoms with Crippen molar-refractivity contribution in [1.29, 1.82) is 0 Å². The first-order valence-corrected chi connectivity index (χ1v) is 11.4. The lowest BCUT2D eigenvalue weighted by molar-refractivity contribution is -0.136. The Labute approximate surface area is 175 Å². The number of hydrogen-bond acceptors (Lipinski definition) is 4. The molecule has 1 amide bonds. The van der Waals surface area contributed by atoms with Crippen LogP contribution in [0.25, 0.3) is 0 Å². The molecule has 1 aliphatic heterocycles. The minimum absolute atomic E-state index is 0.0471. The molecule has 2 aromatic carbocycles. The molecule has 1 heterocycles. The SMILES string of the molecule is Cc1ccc(OCC(=O)N(Cc2ccc(Cl)cc2Cl)C2CCS(=O)(=O)C2)cc1. The van der Waals surface area contributed by atoms with Crippen molar-refractivity contribution in [2.45, 2.75) is 25.9 Å². The highest BCUT2D eigenvalue weighted by Crippen LogP contribution is 2.26. The third kappa shape index (κ3) is 5.40. The van der Waals surface area contributed by atoms with Crippen LogP contribution in [0.15, 0.2) is 42.5 Å². The van der Waals surface area contributed by atoms with Crippen LogP contribution in [0.1, 0.15) is 17.5 Å². The summed E-state index contributed by atoms with van der Waals surface area (Å²) in [7, 11) is -3.14. The van der Waals surface area contributed by atoms with Crippen LogP contribution in [0.5, 0.6) is 5.75 Å². The lowest BCUT2D eigenvalue weighted by atomic mass is 10.1. The van der Waals surface area contributed by atoms with Crippen molar-refractivity contribution in [2.75, 3.05) is 18.1 Å². The van der Waals surface area contributed by atoms with Gasteiger partial charge in [-0.3, -0.25) is 4.79 Å². The number of nitrogens with zero attached hydrogens (tertiary/aromatic N) is 1. The van der Waals surface area contributed by atoms with E-state index in [2.05, 4.69) is 0 Å². The van der Waals surface area contributed by atoms with E-state index in [0.29, 0.717) is 27.8 Å². The van der Waals surface area contributed by atoms with E-state index < -0.39 is 15.9 Å². The van der Waals surface area contributed by atoms with Crippen LogP contribution < -0.4 is 4.74 Å². The summed E-state index contributed by atoms with van der Waals surface area (Å²) in [5.41, 5.74) is 1.80. The fraction of sp³-hybridized carbons (Fsp3) is 0.350. The summed E-state index contributed by atoms with van der Waals surface area (Å²) < 4.78 is 29.5. The zero-order chi connectivity index (χ0) is 20.3. The summed E-state index contributed by atoms with van der Waals surface area (Å²) in [4.78, 5) is 14.5. The Kier molecular flexibility index (Phi) is 6.53. The number of carbonyl (C=O) groups excluding carboxylic acids is 1. The molecule has 150 valence electrons. The molecule has 3 rings (SSSR count). The second kappa shape index (κ2) is 8.72. The third-order valence-corrected chi connectivity index (χ3v) is 7.05. The van der Waals surface area contributed by atoms with E-state index >= 15 is 0 Å². The molecule has 0 saturated carbocycles. The predicted octanol–water partition coefficient (Wildman–Crippen LogP) is 3.90. The number of carbonyl (C=O) groups is 1. The fourth-order valence-corrected chi connectivity index (χ4v) is 5.34. The highest BCUT2D eigenvalue weighted by Gasteiger charge is 2.35. The minimum atomic E-state index is -3.14. The van der Waals surface area contributed by atoms with Gasteiger partial charge in [0.1, 0.15) is 5.75 Å². The summed E-state index contributed by atoms with van der Waals surface area (Å²) in [5, 5.41) is 0.934. The van der Waals surface area contributed by atoms with E-state index in [0.717, 1.165) is 5.56 Å². The highest BCUT2D eigenvalue weighted by molar-refractivity contribution is 7.91. The Balaban J connectivity index is 1.76. The molecule has 1 unspecified atom stereocenters. The van der Waals surface area contributed by atoms with E-state index in [9.17, 15) is 13.2 Å². The van der Waals surface area contributed by atoms with Gasteiger partial charge in [-0.15, -0.1) is 0 Å². The first-order chi connectivity index (χ1) is 13.2. The van der Waals surface area contributed by atoms with Gasteiger partial charge in [0.15, 0.2) is 16.4 Å². The largest absolute Gasteiger partial charge is 0.484 e. The summed E-state index contributed by atoms with van der Waals surface area (Å²) >= 11 is 12.2. The summed E-state index contributed by atoms with van der Waals surface area (Å²) in [6, 6.07) is 12.0. The standard InChI is InChI=1S/C20H21Cl2NO4S/c1-14-2-6-18(7-3-14)27-12-20(24)23(17-8-9-28(25,26)13-17)11-15-4-5-16(21)10-19(15)22/h2-7,10,17H,8-9,11-13H2,1H3. The molecule has 1 atom stereocenters. The Hall–Kier alpha value is -1.76. The predicted molar refractivity (Wildman–Crippen MR) is 111 cm³/mol. The molecular weight excluding hydrogens is 421 g/mol. The van der Waals surface area contributed by atoms with Gasteiger partial charge in [-0.1, -0.05) is 47.0 Å². The molecule has 0 aromatic heterocycles. The molecule has 1 fully saturated rings. The summed E-state index contributed by atoms with van der Waals surface area (Å²) in [6.45, 7) is 1.99. The Bertz CT molecular complexity index is 961. The molecule has 0 aliphatic carbocycles. The Morgan fingerprint density at radius 2 is 1.89 bits per heavy atom. The first-order valence-electron chi connectivity index (χ1n) is 8.87. The van der Waals surface area contributed by atoms with E-state index in [1.54, 1.807) is 35.2 Å². The topological polar surface area (TPSA) is 63.7 Å². The number of halogens is 2. The lowest BCUT2D eigenvalue weighted by Gasteiger charge is -2.29. The van der Waals surface area contributed by atoms with Gasteiger partial charge in [0, 0.05) is 22.6 Å². The van der Waals surface area contributed by atoms with Crippen LogP contribution in [0.3, 0.4) is 0 Å².